The quantitative estimate of drug-likeness (QED) is 0.764. The largest absolute Gasteiger partial charge is 0.313 e. The molecular weight excluding hydrogens is 296 g/mol. The Morgan fingerprint density at radius 1 is 1.45 bits per heavy atom. The van der Waals surface area contributed by atoms with Gasteiger partial charge in [0.1, 0.15) is 4.21 Å². The monoisotopic (exact) mass is 314 g/mol. The summed E-state index contributed by atoms with van der Waals surface area (Å²) in [6, 6.07) is 1.70. The van der Waals surface area contributed by atoms with Gasteiger partial charge in [0.15, 0.2) is 0 Å². The van der Waals surface area contributed by atoms with Gasteiger partial charge in [0, 0.05) is 19.8 Å². The smallest absolute Gasteiger partial charge is 0.271 e. The molecule has 0 aromatic carbocycles. The highest BCUT2D eigenvalue weighted by atomic mass is 32.2. The van der Waals surface area contributed by atoms with Gasteiger partial charge in [-0.25, -0.2) is 8.42 Å². The molecule has 0 aliphatic heterocycles. The van der Waals surface area contributed by atoms with Crippen molar-refractivity contribution in [1.29, 1.82) is 0 Å². The predicted octanol–water partition coefficient (Wildman–Crippen LogP) is 1.78. The fourth-order valence-electron chi connectivity index (χ4n) is 1.68. The zero-order valence-electron chi connectivity index (χ0n) is 11.5. The van der Waals surface area contributed by atoms with Crippen molar-refractivity contribution in [1.82, 2.24) is 15.1 Å². The summed E-state index contributed by atoms with van der Waals surface area (Å²) in [7, 11) is -1.79. The zero-order valence-corrected chi connectivity index (χ0v) is 13.1. The minimum absolute atomic E-state index is 0.314. The second-order valence-corrected chi connectivity index (χ2v) is 7.28. The second kappa shape index (κ2) is 6.38. The van der Waals surface area contributed by atoms with Gasteiger partial charge in [0.25, 0.3) is 10.0 Å². The molecule has 2 rings (SSSR count). The Morgan fingerprint density at radius 3 is 2.90 bits per heavy atom. The van der Waals surface area contributed by atoms with Crippen molar-refractivity contribution < 1.29 is 8.42 Å². The number of hydrogen-bond donors (Lipinski definition) is 2. The summed E-state index contributed by atoms with van der Waals surface area (Å²) >= 11 is 1.22. The van der Waals surface area contributed by atoms with Gasteiger partial charge >= 0.3 is 0 Å². The van der Waals surface area contributed by atoms with Gasteiger partial charge in [-0.3, -0.25) is 9.40 Å². The molecule has 20 heavy (non-hydrogen) atoms. The van der Waals surface area contributed by atoms with Crippen molar-refractivity contribution in [2.75, 3.05) is 11.3 Å². The van der Waals surface area contributed by atoms with Crippen LogP contribution in [-0.4, -0.2) is 24.7 Å². The fourth-order valence-corrected chi connectivity index (χ4v) is 3.91. The van der Waals surface area contributed by atoms with Crippen molar-refractivity contribution in [3.63, 3.8) is 0 Å². The number of anilines is 1. The molecule has 0 unspecified atom stereocenters. The van der Waals surface area contributed by atoms with Crippen LogP contribution in [0.5, 0.6) is 0 Å². The lowest BCUT2D eigenvalue weighted by Crippen LogP contribution is -2.13. The molecule has 6 nitrogen and oxygen atoms in total. The van der Waals surface area contributed by atoms with Crippen molar-refractivity contribution in [3.05, 3.63) is 29.4 Å². The summed E-state index contributed by atoms with van der Waals surface area (Å²) in [4.78, 5) is 0. The van der Waals surface area contributed by atoms with Gasteiger partial charge in [0.05, 0.1) is 11.9 Å². The summed E-state index contributed by atoms with van der Waals surface area (Å²) in [6.07, 6.45) is 4.15. The third-order valence-electron chi connectivity index (χ3n) is 2.61. The first-order valence-electron chi connectivity index (χ1n) is 6.31. The third-order valence-corrected chi connectivity index (χ3v) is 5.48. The lowest BCUT2D eigenvalue weighted by atomic mass is 10.3. The molecule has 0 atom stereocenters. The first-order chi connectivity index (χ1) is 9.51. The molecule has 0 amide bonds. The highest BCUT2D eigenvalue weighted by molar-refractivity contribution is 7.94. The Morgan fingerprint density at radius 2 is 2.25 bits per heavy atom. The lowest BCUT2D eigenvalue weighted by Gasteiger charge is -2.02. The van der Waals surface area contributed by atoms with Gasteiger partial charge in [-0.05, 0) is 30.0 Å². The van der Waals surface area contributed by atoms with Crippen LogP contribution in [0.3, 0.4) is 0 Å². The number of thiophene rings is 1. The van der Waals surface area contributed by atoms with Crippen LogP contribution in [-0.2, 0) is 23.6 Å². The molecule has 110 valence electrons. The normalized spacial score (nSPS) is 11.7. The van der Waals surface area contributed by atoms with Crippen LogP contribution in [0.2, 0.25) is 0 Å². The van der Waals surface area contributed by atoms with Gasteiger partial charge in [-0.2, -0.15) is 5.10 Å². The van der Waals surface area contributed by atoms with Gasteiger partial charge in [-0.15, -0.1) is 11.3 Å². The Bertz CT molecular complexity index is 661. The highest BCUT2D eigenvalue weighted by Gasteiger charge is 2.17. The van der Waals surface area contributed by atoms with E-state index in [2.05, 4.69) is 22.1 Å². The number of hydrogen-bond acceptors (Lipinski definition) is 5. The Balaban J connectivity index is 2.06. The van der Waals surface area contributed by atoms with Crippen LogP contribution in [0.4, 0.5) is 5.69 Å². The molecule has 2 aromatic rings. The highest BCUT2D eigenvalue weighted by Crippen LogP contribution is 2.22. The molecule has 8 heteroatoms. The average molecular weight is 314 g/mol. The number of nitrogens with one attached hydrogen (secondary N) is 2. The molecule has 2 heterocycles. The maximum Gasteiger partial charge on any atom is 0.271 e. The number of nitrogens with zero attached hydrogens (tertiary/aromatic N) is 2. The van der Waals surface area contributed by atoms with Crippen molar-refractivity contribution in [3.8, 4) is 0 Å². The molecule has 0 fully saturated rings. The van der Waals surface area contributed by atoms with Gasteiger partial charge in [-0.1, -0.05) is 6.92 Å². The van der Waals surface area contributed by atoms with E-state index in [1.807, 2.05) is 5.38 Å². The topological polar surface area (TPSA) is 76.0 Å². The van der Waals surface area contributed by atoms with Crippen LogP contribution in [0, 0.1) is 0 Å². The predicted molar refractivity (Wildman–Crippen MR) is 80.3 cm³/mol. The molecule has 0 saturated carbocycles. The van der Waals surface area contributed by atoms with E-state index in [9.17, 15) is 8.42 Å². The zero-order chi connectivity index (χ0) is 14.6. The molecule has 0 spiro atoms. The van der Waals surface area contributed by atoms with Crippen LogP contribution >= 0.6 is 11.3 Å². The number of aromatic nitrogens is 2. The first-order valence-corrected chi connectivity index (χ1v) is 8.67. The summed E-state index contributed by atoms with van der Waals surface area (Å²) < 4.78 is 28.8. The molecular formula is C12H18N4O2S2. The molecule has 0 saturated heterocycles. The number of sulfonamides is 1. The maximum atomic E-state index is 12.2. The van der Waals surface area contributed by atoms with E-state index in [4.69, 9.17) is 0 Å². The van der Waals surface area contributed by atoms with E-state index in [1.54, 1.807) is 24.0 Å². The van der Waals surface area contributed by atoms with Crippen molar-refractivity contribution in [2.45, 2.75) is 24.1 Å². The van der Waals surface area contributed by atoms with Crippen LogP contribution in [0.15, 0.2) is 28.0 Å². The molecule has 0 aliphatic rings. The van der Waals surface area contributed by atoms with Crippen LogP contribution in [0.1, 0.15) is 18.9 Å². The first kappa shape index (κ1) is 15.0. The summed E-state index contributed by atoms with van der Waals surface area (Å²) in [5.74, 6) is 0. The fraction of sp³-hybridized carbons (Fsp3) is 0.417. The molecule has 0 aliphatic carbocycles. The third kappa shape index (κ3) is 3.81. The molecule has 2 N–H and O–H groups in total. The van der Waals surface area contributed by atoms with Crippen LogP contribution < -0.4 is 10.0 Å². The van der Waals surface area contributed by atoms with E-state index in [1.165, 1.54) is 17.5 Å². The minimum Gasteiger partial charge on any atom is -0.313 e. The van der Waals surface area contributed by atoms with Crippen molar-refractivity contribution in [2.24, 2.45) is 7.05 Å². The SMILES string of the molecule is CCCNCc1csc(S(=O)(=O)Nc2cnn(C)c2)c1. The second-order valence-electron chi connectivity index (χ2n) is 4.46. The van der Waals surface area contributed by atoms with Crippen molar-refractivity contribution >= 4 is 27.0 Å². The number of aryl methyl sites for hydroxylation is 1. The van der Waals surface area contributed by atoms with Gasteiger partial charge < -0.3 is 5.32 Å². The van der Waals surface area contributed by atoms with Crippen LogP contribution in [0.25, 0.3) is 0 Å². The van der Waals surface area contributed by atoms with E-state index in [0.717, 1.165) is 18.5 Å². The minimum atomic E-state index is -3.52. The maximum absolute atomic E-state index is 12.2. The van der Waals surface area contributed by atoms with E-state index >= 15 is 0 Å². The summed E-state index contributed by atoms with van der Waals surface area (Å²) in [5.41, 5.74) is 1.45. The Labute approximate surface area is 122 Å². The molecule has 0 bridgehead atoms. The molecule has 0 radical (unpaired) electrons. The molecule has 2 aromatic heterocycles. The van der Waals surface area contributed by atoms with E-state index < -0.39 is 10.0 Å². The lowest BCUT2D eigenvalue weighted by molar-refractivity contribution is 0.603. The summed E-state index contributed by atoms with van der Waals surface area (Å²) in [5, 5.41) is 9.04. The Kier molecular flexibility index (Phi) is 4.79. The van der Waals surface area contributed by atoms with E-state index in [0.29, 0.717) is 16.4 Å². The standard InChI is InChI=1S/C12H18N4O2S2/c1-3-4-13-6-10-5-12(19-9-10)20(17,18)15-11-7-14-16(2)8-11/h5,7-9,13,15H,3-4,6H2,1-2H3. The Hall–Kier alpha value is -1.38. The van der Waals surface area contributed by atoms with Gasteiger partial charge in [0.2, 0.25) is 0 Å². The number of rotatable bonds is 7. The van der Waals surface area contributed by atoms with E-state index in [-0.39, 0.29) is 0 Å². The summed E-state index contributed by atoms with van der Waals surface area (Å²) in [6.45, 7) is 3.70. The average Bonchev–Trinajstić information content (AvgIpc) is 2.99.